The summed E-state index contributed by atoms with van der Waals surface area (Å²) in [5.41, 5.74) is 5.87. The molecule has 1 N–H and O–H groups in total. The average Bonchev–Trinajstić information content (AvgIpc) is 3.31. The summed E-state index contributed by atoms with van der Waals surface area (Å²) in [5, 5.41) is 4.48. The van der Waals surface area contributed by atoms with Crippen molar-refractivity contribution in [3.8, 4) is 0 Å². The van der Waals surface area contributed by atoms with E-state index in [1.54, 1.807) is 12.1 Å². The van der Waals surface area contributed by atoms with Gasteiger partial charge in [-0.05, 0) is 0 Å². The fraction of sp³-hybridized carbons (Fsp3) is 0.111. The molecule has 0 bridgehead atoms. The molecular weight excluding hydrogens is 371 g/mol. The van der Waals surface area contributed by atoms with Crippen LogP contribution in [0.1, 0.15) is 27.4 Å². The minimum absolute atomic E-state index is 0.163. The molecule has 3 rings (SSSR count). The minimum atomic E-state index is -0.502. The summed E-state index contributed by atoms with van der Waals surface area (Å²) in [4.78, 5) is 15.8. The van der Waals surface area contributed by atoms with Crippen LogP contribution in [0.5, 0.6) is 0 Å². The van der Waals surface area contributed by atoms with Gasteiger partial charge in [-0.15, -0.1) is 0 Å². The van der Waals surface area contributed by atoms with Crippen LogP contribution in [0.2, 0.25) is 0 Å². The van der Waals surface area contributed by atoms with E-state index in [1.807, 2.05) is 36.4 Å². The number of methoxy groups -OCH3 is 1. The monoisotopic (exact) mass is 388 g/mol. The molecule has 5 nitrogen and oxygen atoms in total. The fourth-order valence-corrected chi connectivity index (χ4v) is 3.49. The number of hydrazone groups is 1. The zero-order chi connectivity index (χ0) is 16.8. The maximum absolute atomic E-state index is 11.6. The molecule has 0 aliphatic rings. The Kier molecular flexibility index (Phi) is 5.31. The summed E-state index contributed by atoms with van der Waals surface area (Å²) in [5.74, 6) is 0.193. The molecule has 24 heavy (non-hydrogen) atoms. The van der Waals surface area contributed by atoms with Crippen LogP contribution in [0, 0.1) is 0 Å². The molecule has 0 fully saturated rings. The summed E-state index contributed by atoms with van der Waals surface area (Å²) in [6.45, 7) is 0.608. The normalized spacial score (nSPS) is 11.3. The van der Waals surface area contributed by atoms with Crippen molar-refractivity contribution in [2.24, 2.45) is 5.10 Å². The van der Waals surface area contributed by atoms with E-state index >= 15 is 0 Å². The third kappa shape index (κ3) is 3.85. The number of hydrogen-bond acceptors (Lipinski definition) is 5. The second-order valence-electron chi connectivity index (χ2n) is 4.95. The van der Waals surface area contributed by atoms with Crippen LogP contribution in [0.4, 0.5) is 0 Å². The van der Waals surface area contributed by atoms with E-state index in [1.165, 1.54) is 7.11 Å². The topological polar surface area (TPSA) is 63.8 Å². The molecule has 0 aliphatic heterocycles. The van der Waals surface area contributed by atoms with E-state index in [2.05, 4.69) is 25.1 Å². The molecule has 2 aromatic heterocycles. The van der Waals surface area contributed by atoms with Crippen LogP contribution in [-0.2, 0) is 11.3 Å². The summed E-state index contributed by atoms with van der Waals surface area (Å²) >= 11 is 0.327. The molecule has 0 saturated carbocycles. The van der Waals surface area contributed by atoms with Crippen LogP contribution < -0.4 is 5.43 Å². The maximum atomic E-state index is 11.6. The zero-order valence-corrected chi connectivity index (χ0v) is 14.8. The number of nitrogens with one attached hydrogen (secondary N) is 1. The van der Waals surface area contributed by atoms with Gasteiger partial charge in [-0.3, -0.25) is 0 Å². The third-order valence-electron chi connectivity index (χ3n) is 3.34. The second kappa shape index (κ2) is 7.81. The molecule has 0 spiro atoms. The molecule has 0 radical (unpaired) electrons. The number of ether oxygens (including phenoxy) is 1. The predicted molar refractivity (Wildman–Crippen MR) is 92.4 cm³/mol. The van der Waals surface area contributed by atoms with Gasteiger partial charge in [0, 0.05) is 0 Å². The first-order valence-corrected chi connectivity index (χ1v) is 9.31. The van der Waals surface area contributed by atoms with Crippen LogP contribution in [-0.4, -0.2) is 33.3 Å². The van der Waals surface area contributed by atoms with Crippen LogP contribution in [0.25, 0.3) is 0 Å². The van der Waals surface area contributed by atoms with Gasteiger partial charge in [0.05, 0.1) is 0 Å². The Balaban J connectivity index is 1.83. The molecule has 3 aromatic rings. The first-order valence-electron chi connectivity index (χ1n) is 7.33. The van der Waals surface area contributed by atoms with Gasteiger partial charge in [0.25, 0.3) is 0 Å². The number of rotatable bonds is 6. The van der Waals surface area contributed by atoms with E-state index in [-0.39, 0.29) is 5.76 Å². The van der Waals surface area contributed by atoms with Gasteiger partial charge in [0.15, 0.2) is 0 Å². The van der Waals surface area contributed by atoms with Gasteiger partial charge < -0.3 is 0 Å². The molecular formula is C18H16N2O3Se. The van der Waals surface area contributed by atoms with E-state index in [0.717, 1.165) is 11.1 Å². The molecule has 0 saturated heterocycles. The van der Waals surface area contributed by atoms with Crippen molar-refractivity contribution in [2.45, 2.75) is 6.54 Å². The van der Waals surface area contributed by atoms with Crippen LogP contribution in [0.15, 0.2) is 67.9 Å². The van der Waals surface area contributed by atoms with Crippen molar-refractivity contribution < 1.29 is 13.9 Å². The summed E-state index contributed by atoms with van der Waals surface area (Å²) in [6.07, 6.45) is 0. The Hall–Kier alpha value is -2.56. The van der Waals surface area contributed by atoms with E-state index in [9.17, 15) is 4.79 Å². The standard InChI is InChI=1S/C18H16N2O3Se/c1-22-18(21)16-8-7-15(23-16)17(14-9-10-24-12-14)20-19-11-13-5-3-2-4-6-13/h2-10,12,19H,11H2,1H3. The number of nitrogens with zero attached hydrogens (tertiary/aromatic N) is 1. The Labute approximate surface area is 145 Å². The van der Waals surface area contributed by atoms with Crippen molar-refractivity contribution >= 4 is 26.2 Å². The fourth-order valence-electron chi connectivity index (χ4n) is 2.14. The van der Waals surface area contributed by atoms with Crippen molar-refractivity contribution in [2.75, 3.05) is 7.11 Å². The quantitative estimate of drug-likeness (QED) is 0.306. The second-order valence-corrected chi connectivity index (χ2v) is 6.58. The molecule has 0 aliphatic carbocycles. The van der Waals surface area contributed by atoms with E-state index in [0.29, 0.717) is 32.5 Å². The van der Waals surface area contributed by atoms with Crippen LogP contribution in [0.3, 0.4) is 0 Å². The summed E-state index contributed by atoms with van der Waals surface area (Å²) < 4.78 is 10.3. The molecule has 0 unspecified atom stereocenters. The Morgan fingerprint density at radius 1 is 1.17 bits per heavy atom. The third-order valence-corrected chi connectivity index (χ3v) is 4.77. The van der Waals surface area contributed by atoms with Crippen molar-refractivity contribution in [1.29, 1.82) is 0 Å². The summed E-state index contributed by atoms with van der Waals surface area (Å²) in [7, 11) is 1.33. The van der Waals surface area contributed by atoms with Crippen molar-refractivity contribution in [3.63, 3.8) is 0 Å². The molecule has 122 valence electrons. The summed E-state index contributed by atoms with van der Waals surface area (Å²) in [6, 6.07) is 15.4. The number of carbonyl (C=O) groups excluding carboxylic acids is 1. The Morgan fingerprint density at radius 2 is 1.96 bits per heavy atom. The van der Waals surface area contributed by atoms with E-state index in [4.69, 9.17) is 4.42 Å². The first-order chi connectivity index (χ1) is 11.8. The van der Waals surface area contributed by atoms with E-state index < -0.39 is 5.97 Å². The number of esters is 1. The molecule has 2 heterocycles. The number of hydrogen-bond donors (Lipinski definition) is 1. The number of carbonyl (C=O) groups is 1. The average molecular weight is 387 g/mol. The van der Waals surface area contributed by atoms with Crippen LogP contribution >= 0.6 is 0 Å². The number of furan rings is 1. The van der Waals surface area contributed by atoms with Gasteiger partial charge in [-0.2, -0.15) is 0 Å². The van der Waals surface area contributed by atoms with Gasteiger partial charge in [0.1, 0.15) is 0 Å². The Bertz CT molecular complexity index is 823. The van der Waals surface area contributed by atoms with Gasteiger partial charge in [-0.25, -0.2) is 0 Å². The van der Waals surface area contributed by atoms with Gasteiger partial charge >= 0.3 is 145 Å². The van der Waals surface area contributed by atoms with Crippen molar-refractivity contribution in [3.05, 3.63) is 81.1 Å². The zero-order valence-electron chi connectivity index (χ0n) is 13.1. The number of benzene rings is 1. The molecule has 0 atom stereocenters. The molecule has 1 aromatic carbocycles. The molecule has 0 amide bonds. The van der Waals surface area contributed by atoms with Gasteiger partial charge in [0.2, 0.25) is 0 Å². The van der Waals surface area contributed by atoms with Gasteiger partial charge in [-0.1, -0.05) is 0 Å². The molecule has 6 heteroatoms. The predicted octanol–water partition coefficient (Wildman–Crippen LogP) is 2.67. The SMILES string of the molecule is COC(=O)c1ccc(C(=NNCc2ccccc2)c2cc[se]c2)o1. The Morgan fingerprint density at radius 3 is 2.67 bits per heavy atom. The first kappa shape index (κ1) is 16.3. The van der Waals surface area contributed by atoms with Crippen molar-refractivity contribution in [1.82, 2.24) is 5.43 Å².